The molecule has 0 bridgehead atoms. The van der Waals surface area contributed by atoms with Crippen molar-refractivity contribution < 1.29 is 9.53 Å². The van der Waals surface area contributed by atoms with Crippen molar-refractivity contribution in [1.82, 2.24) is 9.97 Å². The summed E-state index contributed by atoms with van der Waals surface area (Å²) in [7, 11) is 0. The number of rotatable bonds is 7. The van der Waals surface area contributed by atoms with Gasteiger partial charge in [0.15, 0.2) is 0 Å². The Labute approximate surface area is 158 Å². The van der Waals surface area contributed by atoms with Crippen LogP contribution in [0.5, 0.6) is 5.75 Å². The lowest BCUT2D eigenvalue weighted by atomic mass is 10.1. The average molecular weight is 362 g/mol. The molecule has 1 amide bonds. The number of ether oxygens (including phenoxy) is 1. The van der Waals surface area contributed by atoms with Crippen molar-refractivity contribution in [2.75, 3.05) is 17.2 Å². The molecule has 2 N–H and O–H groups in total. The van der Waals surface area contributed by atoms with E-state index >= 15 is 0 Å². The van der Waals surface area contributed by atoms with Crippen molar-refractivity contribution in [3.8, 4) is 5.75 Å². The zero-order valence-corrected chi connectivity index (χ0v) is 15.4. The van der Waals surface area contributed by atoms with Gasteiger partial charge in [-0.1, -0.05) is 24.3 Å². The van der Waals surface area contributed by atoms with Gasteiger partial charge in [-0.3, -0.25) is 4.79 Å². The summed E-state index contributed by atoms with van der Waals surface area (Å²) in [6.45, 7) is 5.25. The molecule has 0 aliphatic carbocycles. The van der Waals surface area contributed by atoms with E-state index in [4.69, 9.17) is 4.74 Å². The van der Waals surface area contributed by atoms with Crippen LogP contribution in [0.2, 0.25) is 0 Å². The van der Waals surface area contributed by atoms with Gasteiger partial charge in [0.1, 0.15) is 17.3 Å². The van der Waals surface area contributed by atoms with E-state index in [1.54, 1.807) is 18.3 Å². The fraction of sp³-hybridized carbons (Fsp3) is 0.190. The zero-order valence-electron chi connectivity index (χ0n) is 15.4. The summed E-state index contributed by atoms with van der Waals surface area (Å²) in [6.07, 6.45) is 3.02. The molecule has 27 heavy (non-hydrogen) atoms. The number of hydrogen-bond acceptors (Lipinski definition) is 5. The quantitative estimate of drug-likeness (QED) is 0.663. The molecule has 6 heteroatoms. The molecule has 0 spiro atoms. The summed E-state index contributed by atoms with van der Waals surface area (Å²) >= 11 is 0. The van der Waals surface area contributed by atoms with Crippen LogP contribution in [0, 0.1) is 6.92 Å². The predicted octanol–water partition coefficient (Wildman–Crippen LogP) is 4.05. The van der Waals surface area contributed by atoms with Crippen LogP contribution in [0.1, 0.15) is 28.5 Å². The third kappa shape index (κ3) is 5.04. The Morgan fingerprint density at radius 3 is 2.48 bits per heavy atom. The average Bonchev–Trinajstić information content (AvgIpc) is 2.69. The predicted molar refractivity (Wildman–Crippen MR) is 106 cm³/mol. The van der Waals surface area contributed by atoms with Gasteiger partial charge in [-0.2, -0.15) is 0 Å². The molecule has 1 heterocycles. The highest BCUT2D eigenvalue weighted by atomic mass is 16.5. The second-order valence-corrected chi connectivity index (χ2v) is 5.98. The van der Waals surface area contributed by atoms with Gasteiger partial charge in [0.05, 0.1) is 19.0 Å². The minimum Gasteiger partial charge on any atom is -0.494 e. The largest absolute Gasteiger partial charge is 0.494 e. The Balaban J connectivity index is 1.57. The van der Waals surface area contributed by atoms with Crippen LogP contribution in [-0.2, 0) is 6.54 Å². The molecular formula is C21H22N4O2. The van der Waals surface area contributed by atoms with Crippen molar-refractivity contribution in [2.45, 2.75) is 20.4 Å². The van der Waals surface area contributed by atoms with Crippen molar-refractivity contribution in [2.24, 2.45) is 0 Å². The standard InChI is InChI=1S/C21H22N4O2/c1-3-27-18-10-8-17(9-11-18)25-21(26)19-13-24-20(14-22-19)23-12-16-7-5-4-6-15(16)2/h4-11,13-14H,3,12H2,1-2H3,(H,23,24)(H,25,26). The van der Waals surface area contributed by atoms with E-state index in [2.05, 4.69) is 39.7 Å². The molecule has 3 aromatic rings. The van der Waals surface area contributed by atoms with E-state index in [-0.39, 0.29) is 11.6 Å². The van der Waals surface area contributed by atoms with Gasteiger partial charge in [0.25, 0.3) is 5.91 Å². The summed E-state index contributed by atoms with van der Waals surface area (Å²) in [6, 6.07) is 15.3. The number of aryl methyl sites for hydroxylation is 1. The minimum absolute atomic E-state index is 0.255. The Bertz CT molecular complexity index is 893. The molecule has 0 aliphatic rings. The Morgan fingerprint density at radius 1 is 1.04 bits per heavy atom. The first-order valence-corrected chi connectivity index (χ1v) is 8.80. The maximum absolute atomic E-state index is 12.3. The topological polar surface area (TPSA) is 76.1 Å². The molecular weight excluding hydrogens is 340 g/mol. The Kier molecular flexibility index (Phi) is 5.99. The Hall–Kier alpha value is -3.41. The lowest BCUT2D eigenvalue weighted by Gasteiger charge is -2.09. The van der Waals surface area contributed by atoms with Crippen molar-refractivity contribution >= 4 is 17.4 Å². The van der Waals surface area contributed by atoms with Crippen molar-refractivity contribution in [3.63, 3.8) is 0 Å². The molecule has 138 valence electrons. The third-order valence-electron chi connectivity index (χ3n) is 4.03. The molecule has 2 aromatic carbocycles. The van der Waals surface area contributed by atoms with E-state index < -0.39 is 0 Å². The molecule has 3 rings (SSSR count). The molecule has 0 atom stereocenters. The molecule has 1 aromatic heterocycles. The van der Waals surface area contributed by atoms with Gasteiger partial charge in [-0.25, -0.2) is 9.97 Å². The van der Waals surface area contributed by atoms with Gasteiger partial charge < -0.3 is 15.4 Å². The van der Waals surface area contributed by atoms with Crippen LogP contribution in [0.25, 0.3) is 0 Å². The van der Waals surface area contributed by atoms with Crippen molar-refractivity contribution in [3.05, 3.63) is 77.7 Å². The lowest BCUT2D eigenvalue weighted by molar-refractivity contribution is 0.102. The number of aromatic nitrogens is 2. The molecule has 6 nitrogen and oxygen atoms in total. The van der Waals surface area contributed by atoms with E-state index in [0.29, 0.717) is 24.7 Å². The number of hydrogen-bond donors (Lipinski definition) is 2. The second-order valence-electron chi connectivity index (χ2n) is 5.98. The van der Waals surface area contributed by atoms with E-state index in [9.17, 15) is 4.79 Å². The number of nitrogens with zero attached hydrogens (tertiary/aromatic N) is 2. The van der Waals surface area contributed by atoms with Crippen LogP contribution < -0.4 is 15.4 Å². The van der Waals surface area contributed by atoms with Crippen LogP contribution in [0.3, 0.4) is 0 Å². The number of benzene rings is 2. The molecule has 0 saturated carbocycles. The van der Waals surface area contributed by atoms with Crippen molar-refractivity contribution in [1.29, 1.82) is 0 Å². The maximum atomic E-state index is 12.3. The van der Waals surface area contributed by atoms with Gasteiger partial charge in [0.2, 0.25) is 0 Å². The number of anilines is 2. The van der Waals surface area contributed by atoms with Gasteiger partial charge >= 0.3 is 0 Å². The summed E-state index contributed by atoms with van der Waals surface area (Å²) in [5, 5.41) is 6.01. The zero-order chi connectivity index (χ0) is 19.1. The normalized spacial score (nSPS) is 10.3. The number of carbonyl (C=O) groups is 1. The first kappa shape index (κ1) is 18.4. The summed E-state index contributed by atoms with van der Waals surface area (Å²) < 4.78 is 5.38. The summed E-state index contributed by atoms with van der Waals surface area (Å²) in [5.41, 5.74) is 3.33. The highest BCUT2D eigenvalue weighted by Crippen LogP contribution is 2.16. The summed E-state index contributed by atoms with van der Waals surface area (Å²) in [5.74, 6) is 1.08. The van der Waals surface area contributed by atoms with Crippen LogP contribution in [-0.4, -0.2) is 22.5 Å². The first-order chi connectivity index (χ1) is 13.2. The third-order valence-corrected chi connectivity index (χ3v) is 4.03. The smallest absolute Gasteiger partial charge is 0.275 e. The molecule has 0 aliphatic heterocycles. The minimum atomic E-state index is -0.308. The molecule has 0 fully saturated rings. The fourth-order valence-electron chi connectivity index (χ4n) is 2.53. The fourth-order valence-corrected chi connectivity index (χ4v) is 2.53. The van der Waals surface area contributed by atoms with Crippen LogP contribution in [0.4, 0.5) is 11.5 Å². The van der Waals surface area contributed by atoms with Gasteiger partial charge in [-0.05, 0) is 49.2 Å². The highest BCUT2D eigenvalue weighted by Gasteiger charge is 2.09. The van der Waals surface area contributed by atoms with E-state index in [1.807, 2.05) is 31.2 Å². The SMILES string of the molecule is CCOc1ccc(NC(=O)c2cnc(NCc3ccccc3C)cn2)cc1. The first-order valence-electron chi connectivity index (χ1n) is 8.80. The van der Waals surface area contributed by atoms with Gasteiger partial charge in [-0.15, -0.1) is 0 Å². The summed E-state index contributed by atoms with van der Waals surface area (Å²) in [4.78, 5) is 20.8. The number of nitrogens with one attached hydrogen (secondary N) is 2. The number of amides is 1. The highest BCUT2D eigenvalue weighted by molar-refractivity contribution is 6.02. The monoisotopic (exact) mass is 362 g/mol. The molecule has 0 unspecified atom stereocenters. The van der Waals surface area contributed by atoms with Crippen LogP contribution in [0.15, 0.2) is 60.9 Å². The lowest BCUT2D eigenvalue weighted by Crippen LogP contribution is -2.14. The Morgan fingerprint density at radius 2 is 1.81 bits per heavy atom. The number of carbonyl (C=O) groups excluding carboxylic acids is 1. The van der Waals surface area contributed by atoms with Crippen LogP contribution >= 0.6 is 0 Å². The second kappa shape index (κ2) is 8.80. The van der Waals surface area contributed by atoms with E-state index in [1.165, 1.54) is 17.3 Å². The van der Waals surface area contributed by atoms with Gasteiger partial charge in [0, 0.05) is 12.2 Å². The van der Waals surface area contributed by atoms with E-state index in [0.717, 1.165) is 5.75 Å². The maximum Gasteiger partial charge on any atom is 0.275 e. The molecule has 0 radical (unpaired) electrons. The molecule has 0 saturated heterocycles.